The highest BCUT2D eigenvalue weighted by molar-refractivity contribution is 5.87. The highest BCUT2D eigenvalue weighted by Gasteiger charge is 2.10. The van der Waals surface area contributed by atoms with Crippen LogP contribution < -0.4 is 10.5 Å². The van der Waals surface area contributed by atoms with E-state index in [0.717, 1.165) is 22.4 Å². The Bertz CT molecular complexity index is 760. The molecule has 0 unspecified atom stereocenters. The van der Waals surface area contributed by atoms with E-state index in [-0.39, 0.29) is 5.75 Å². The van der Waals surface area contributed by atoms with Gasteiger partial charge in [0.05, 0.1) is 0 Å². The smallest absolute Gasteiger partial charge is 0.120 e. The second-order valence-electron chi connectivity index (χ2n) is 5.06. The van der Waals surface area contributed by atoms with E-state index in [1.54, 1.807) is 24.3 Å². The van der Waals surface area contributed by atoms with Crippen LogP contribution in [-0.4, -0.2) is 9.67 Å². The lowest BCUT2D eigenvalue weighted by Crippen LogP contribution is -1.99. The molecule has 1 heterocycles. The van der Waals surface area contributed by atoms with E-state index in [2.05, 4.69) is 16.8 Å². The van der Waals surface area contributed by atoms with E-state index >= 15 is 0 Å². The normalized spacial score (nSPS) is 11.0. The van der Waals surface area contributed by atoms with Crippen molar-refractivity contribution in [3.8, 4) is 11.5 Å². The summed E-state index contributed by atoms with van der Waals surface area (Å²) in [6, 6.07) is 12.9. The van der Waals surface area contributed by atoms with Gasteiger partial charge in [0, 0.05) is 36.3 Å². The Balaban J connectivity index is 1.91. The highest BCUT2D eigenvalue weighted by atomic mass is 16.5. The zero-order valence-corrected chi connectivity index (χ0v) is 11.9. The molecule has 0 amide bonds. The van der Waals surface area contributed by atoms with Crippen molar-refractivity contribution in [1.82, 2.24) is 4.57 Å². The van der Waals surface area contributed by atoms with Gasteiger partial charge in [-0.3, -0.25) is 0 Å². The zero-order valence-electron chi connectivity index (χ0n) is 11.9. The second kappa shape index (κ2) is 5.50. The summed E-state index contributed by atoms with van der Waals surface area (Å²) in [4.78, 5) is 0. The number of nitrogens with zero attached hydrogens (tertiary/aromatic N) is 1. The highest BCUT2D eigenvalue weighted by Crippen LogP contribution is 2.26. The lowest BCUT2D eigenvalue weighted by molar-refractivity contribution is 0.307. The molecule has 0 bridgehead atoms. The van der Waals surface area contributed by atoms with Gasteiger partial charge in [0.2, 0.25) is 0 Å². The molecule has 0 saturated heterocycles. The molecule has 0 aliphatic heterocycles. The fraction of sp³-hybridized carbons (Fsp3) is 0.176. The summed E-state index contributed by atoms with van der Waals surface area (Å²) in [6.45, 7) is 0.979. The summed E-state index contributed by atoms with van der Waals surface area (Å²) < 4.78 is 7.89. The summed E-state index contributed by atoms with van der Waals surface area (Å²) in [5, 5.41) is 10.4. The molecule has 0 radical (unpaired) electrons. The fourth-order valence-corrected chi connectivity index (χ4v) is 2.60. The number of nitrogens with two attached hydrogens (primary N) is 1. The molecule has 4 nitrogen and oxygen atoms in total. The van der Waals surface area contributed by atoms with Crippen molar-refractivity contribution in [1.29, 1.82) is 0 Å². The van der Waals surface area contributed by atoms with Gasteiger partial charge >= 0.3 is 0 Å². The minimum absolute atomic E-state index is 0.234. The Labute approximate surface area is 123 Å². The van der Waals surface area contributed by atoms with Crippen LogP contribution in [0.2, 0.25) is 0 Å². The van der Waals surface area contributed by atoms with Gasteiger partial charge in [0.25, 0.3) is 0 Å². The van der Waals surface area contributed by atoms with Gasteiger partial charge in [0.1, 0.15) is 18.1 Å². The molecular formula is C17H18N2O2. The minimum atomic E-state index is 0.234. The van der Waals surface area contributed by atoms with E-state index in [9.17, 15) is 5.11 Å². The SMILES string of the molecule is Cn1cc(COc2ccc(O)cc2)c2c(CN)cccc21. The third kappa shape index (κ3) is 2.58. The van der Waals surface area contributed by atoms with Crippen molar-refractivity contribution < 1.29 is 9.84 Å². The Morgan fingerprint density at radius 3 is 2.57 bits per heavy atom. The van der Waals surface area contributed by atoms with Crippen LogP contribution >= 0.6 is 0 Å². The zero-order chi connectivity index (χ0) is 14.8. The van der Waals surface area contributed by atoms with Crippen LogP contribution in [0.3, 0.4) is 0 Å². The Morgan fingerprint density at radius 1 is 1.10 bits per heavy atom. The molecule has 1 aromatic heterocycles. The van der Waals surface area contributed by atoms with E-state index in [4.69, 9.17) is 10.5 Å². The molecule has 0 saturated carbocycles. The fourth-order valence-electron chi connectivity index (χ4n) is 2.60. The van der Waals surface area contributed by atoms with Crippen molar-refractivity contribution in [2.24, 2.45) is 12.8 Å². The van der Waals surface area contributed by atoms with Crippen molar-refractivity contribution in [2.45, 2.75) is 13.2 Å². The third-order valence-corrected chi connectivity index (χ3v) is 3.63. The first kappa shape index (κ1) is 13.5. The first-order valence-electron chi connectivity index (χ1n) is 6.86. The molecule has 3 aromatic rings. The predicted molar refractivity (Wildman–Crippen MR) is 83.2 cm³/mol. The molecule has 3 rings (SSSR count). The number of fused-ring (bicyclic) bond motifs is 1. The first-order chi connectivity index (χ1) is 10.2. The third-order valence-electron chi connectivity index (χ3n) is 3.63. The number of aromatic hydroxyl groups is 1. The number of aromatic nitrogens is 1. The topological polar surface area (TPSA) is 60.4 Å². The summed E-state index contributed by atoms with van der Waals surface area (Å²) in [5.41, 5.74) is 9.23. The van der Waals surface area contributed by atoms with Crippen LogP contribution in [0.5, 0.6) is 11.5 Å². The van der Waals surface area contributed by atoms with Gasteiger partial charge in [-0.25, -0.2) is 0 Å². The summed E-state index contributed by atoms with van der Waals surface area (Å²) in [5.74, 6) is 0.966. The van der Waals surface area contributed by atoms with Gasteiger partial charge in [-0.1, -0.05) is 12.1 Å². The maximum absolute atomic E-state index is 9.28. The average Bonchev–Trinajstić information content (AvgIpc) is 2.83. The van der Waals surface area contributed by atoms with Gasteiger partial charge < -0.3 is 20.1 Å². The molecule has 0 fully saturated rings. The first-order valence-corrected chi connectivity index (χ1v) is 6.86. The van der Waals surface area contributed by atoms with Crippen molar-refractivity contribution in [3.05, 3.63) is 59.8 Å². The van der Waals surface area contributed by atoms with Crippen LogP contribution in [0.15, 0.2) is 48.7 Å². The van der Waals surface area contributed by atoms with E-state index in [0.29, 0.717) is 13.2 Å². The number of hydrogen-bond acceptors (Lipinski definition) is 3. The number of phenolic OH excluding ortho intramolecular Hbond substituents is 1. The molecule has 21 heavy (non-hydrogen) atoms. The number of ether oxygens (including phenoxy) is 1. The molecule has 0 spiro atoms. The van der Waals surface area contributed by atoms with Crippen LogP contribution in [0.25, 0.3) is 10.9 Å². The summed E-state index contributed by atoms with van der Waals surface area (Å²) in [7, 11) is 2.02. The molecule has 4 heteroatoms. The largest absolute Gasteiger partial charge is 0.508 e. The number of benzene rings is 2. The van der Waals surface area contributed by atoms with Gasteiger partial charge in [-0.2, -0.15) is 0 Å². The quantitative estimate of drug-likeness (QED) is 0.773. The molecule has 0 aliphatic rings. The number of phenols is 1. The van der Waals surface area contributed by atoms with Gasteiger partial charge in [-0.15, -0.1) is 0 Å². The molecule has 3 N–H and O–H groups in total. The van der Waals surface area contributed by atoms with Crippen molar-refractivity contribution >= 4 is 10.9 Å². The van der Waals surface area contributed by atoms with E-state index < -0.39 is 0 Å². The van der Waals surface area contributed by atoms with Crippen LogP contribution in [0.1, 0.15) is 11.1 Å². The lowest BCUT2D eigenvalue weighted by Gasteiger charge is -2.07. The summed E-state index contributed by atoms with van der Waals surface area (Å²) >= 11 is 0. The van der Waals surface area contributed by atoms with Gasteiger partial charge in [0.15, 0.2) is 0 Å². The minimum Gasteiger partial charge on any atom is -0.508 e. The Kier molecular flexibility index (Phi) is 3.54. The molecule has 0 atom stereocenters. The average molecular weight is 282 g/mol. The van der Waals surface area contributed by atoms with Crippen LogP contribution in [0.4, 0.5) is 0 Å². The van der Waals surface area contributed by atoms with Crippen LogP contribution in [-0.2, 0) is 20.2 Å². The number of aryl methyl sites for hydroxylation is 1. The monoisotopic (exact) mass is 282 g/mol. The maximum Gasteiger partial charge on any atom is 0.120 e. The molecule has 0 aliphatic carbocycles. The van der Waals surface area contributed by atoms with Crippen molar-refractivity contribution in [2.75, 3.05) is 0 Å². The Morgan fingerprint density at radius 2 is 1.86 bits per heavy atom. The molecule has 108 valence electrons. The summed E-state index contributed by atoms with van der Waals surface area (Å²) in [6.07, 6.45) is 2.07. The lowest BCUT2D eigenvalue weighted by atomic mass is 10.1. The maximum atomic E-state index is 9.28. The van der Waals surface area contributed by atoms with E-state index in [1.165, 1.54) is 5.39 Å². The molecule has 2 aromatic carbocycles. The molecular weight excluding hydrogens is 264 g/mol. The standard InChI is InChI=1S/C17H18N2O2/c1-19-10-13(11-21-15-7-5-14(20)6-8-15)17-12(9-18)3-2-4-16(17)19/h2-8,10,20H,9,11,18H2,1H3. The second-order valence-corrected chi connectivity index (χ2v) is 5.06. The van der Waals surface area contributed by atoms with Gasteiger partial charge in [-0.05, 0) is 35.9 Å². The predicted octanol–water partition coefficient (Wildman–Crippen LogP) is 2.92. The number of rotatable bonds is 4. The number of hydrogen-bond donors (Lipinski definition) is 2. The van der Waals surface area contributed by atoms with Crippen molar-refractivity contribution in [3.63, 3.8) is 0 Å². The van der Waals surface area contributed by atoms with Crippen LogP contribution in [0, 0.1) is 0 Å². The Hall–Kier alpha value is -2.46. The van der Waals surface area contributed by atoms with E-state index in [1.807, 2.05) is 19.2 Å².